The third-order valence-corrected chi connectivity index (χ3v) is 7.51. The van der Waals surface area contributed by atoms with Gasteiger partial charge in [0.05, 0.1) is 23.0 Å². The third-order valence-electron chi connectivity index (χ3n) is 7.51. The van der Waals surface area contributed by atoms with E-state index in [2.05, 4.69) is 84.9 Å². The lowest BCUT2D eigenvalue weighted by molar-refractivity contribution is 1.18. The highest BCUT2D eigenvalue weighted by Crippen LogP contribution is 2.32. The van der Waals surface area contributed by atoms with Gasteiger partial charge in [-0.25, -0.2) is 9.97 Å². The van der Waals surface area contributed by atoms with Gasteiger partial charge in [-0.3, -0.25) is 0 Å². The van der Waals surface area contributed by atoms with Crippen LogP contribution in [0.1, 0.15) is 5.56 Å². The van der Waals surface area contributed by atoms with E-state index >= 15 is 0 Å². The van der Waals surface area contributed by atoms with Crippen molar-refractivity contribution in [1.29, 1.82) is 5.26 Å². The lowest BCUT2D eigenvalue weighted by Gasteiger charge is -2.10. The van der Waals surface area contributed by atoms with E-state index in [-0.39, 0.29) is 0 Å². The molecule has 0 N–H and O–H groups in total. The first-order chi connectivity index (χ1) is 20.7. The summed E-state index contributed by atoms with van der Waals surface area (Å²) in [4.78, 5) is 9.87. The van der Waals surface area contributed by atoms with Crippen molar-refractivity contribution >= 4 is 10.8 Å². The van der Waals surface area contributed by atoms with Crippen LogP contribution in [-0.4, -0.2) is 9.97 Å². The molecule has 0 unspecified atom stereocenters. The van der Waals surface area contributed by atoms with E-state index in [4.69, 9.17) is 9.97 Å². The zero-order valence-electron chi connectivity index (χ0n) is 22.8. The van der Waals surface area contributed by atoms with Crippen LogP contribution in [-0.2, 0) is 0 Å². The van der Waals surface area contributed by atoms with E-state index in [1.165, 1.54) is 5.39 Å². The molecule has 0 aliphatic heterocycles. The summed E-state index contributed by atoms with van der Waals surface area (Å²) in [7, 11) is 0. The molecule has 0 bridgehead atoms. The smallest absolute Gasteiger partial charge is 0.160 e. The summed E-state index contributed by atoms with van der Waals surface area (Å²) >= 11 is 0. The molecular weight excluding hydrogens is 510 g/mol. The fraction of sp³-hybridized carbons (Fsp3) is 0. The van der Waals surface area contributed by atoms with E-state index in [1.54, 1.807) is 0 Å². The molecule has 7 rings (SSSR count). The molecular formula is C39H25N3. The number of fused-ring (bicyclic) bond motifs is 1. The second kappa shape index (κ2) is 11.0. The number of hydrogen-bond acceptors (Lipinski definition) is 3. The van der Waals surface area contributed by atoms with E-state index in [9.17, 15) is 5.26 Å². The average molecular weight is 536 g/mol. The Bertz CT molecular complexity index is 2020. The van der Waals surface area contributed by atoms with Gasteiger partial charge in [0, 0.05) is 16.7 Å². The average Bonchev–Trinajstić information content (AvgIpc) is 3.08. The summed E-state index contributed by atoms with van der Waals surface area (Å²) in [5.74, 6) is 0.710. The molecule has 196 valence electrons. The summed E-state index contributed by atoms with van der Waals surface area (Å²) in [6.45, 7) is 0. The highest BCUT2D eigenvalue weighted by atomic mass is 14.9. The highest BCUT2D eigenvalue weighted by molar-refractivity contribution is 5.91. The van der Waals surface area contributed by atoms with Crippen molar-refractivity contribution in [2.24, 2.45) is 0 Å². The van der Waals surface area contributed by atoms with E-state index in [1.807, 2.05) is 72.8 Å². The first-order valence-corrected chi connectivity index (χ1v) is 13.9. The Labute approximate surface area is 245 Å². The molecule has 3 heteroatoms. The van der Waals surface area contributed by atoms with Crippen LogP contribution in [0.3, 0.4) is 0 Å². The van der Waals surface area contributed by atoms with Crippen molar-refractivity contribution in [3.8, 4) is 62.2 Å². The van der Waals surface area contributed by atoms with Crippen LogP contribution in [0.4, 0.5) is 0 Å². The van der Waals surface area contributed by atoms with E-state index in [0.717, 1.165) is 55.7 Å². The largest absolute Gasteiger partial charge is 0.228 e. The maximum Gasteiger partial charge on any atom is 0.160 e. The quantitative estimate of drug-likeness (QED) is 0.220. The molecule has 0 fully saturated rings. The zero-order chi connectivity index (χ0) is 28.3. The van der Waals surface area contributed by atoms with Gasteiger partial charge in [-0.1, -0.05) is 121 Å². The molecule has 0 aliphatic rings. The molecule has 3 nitrogen and oxygen atoms in total. The number of hydrogen-bond donors (Lipinski definition) is 0. The van der Waals surface area contributed by atoms with Crippen molar-refractivity contribution in [2.75, 3.05) is 0 Å². The van der Waals surface area contributed by atoms with Crippen LogP contribution in [0.2, 0.25) is 0 Å². The third kappa shape index (κ3) is 5.06. The molecule has 0 aliphatic carbocycles. The standard InChI is InChI=1S/C39H25N3/c40-26-27-8-7-13-33(22-27)35-21-17-29-16-20-34(23-36(29)24-35)28-14-18-31(19-15-28)38-25-37(30-9-3-1-4-10-30)41-39(42-38)32-11-5-2-6-12-32/h1-25H. The Hall–Kier alpha value is -5.85. The monoisotopic (exact) mass is 535 g/mol. The maximum atomic E-state index is 9.31. The first kappa shape index (κ1) is 25.1. The van der Waals surface area contributed by atoms with Crippen LogP contribution < -0.4 is 0 Å². The van der Waals surface area contributed by atoms with Crippen LogP contribution in [0.5, 0.6) is 0 Å². The van der Waals surface area contributed by atoms with E-state index < -0.39 is 0 Å². The van der Waals surface area contributed by atoms with Gasteiger partial charge in [0.2, 0.25) is 0 Å². The van der Waals surface area contributed by atoms with Crippen molar-refractivity contribution in [2.45, 2.75) is 0 Å². The number of rotatable bonds is 5. The first-order valence-electron chi connectivity index (χ1n) is 13.9. The minimum Gasteiger partial charge on any atom is -0.228 e. The number of nitriles is 1. The van der Waals surface area contributed by atoms with Crippen LogP contribution >= 0.6 is 0 Å². The van der Waals surface area contributed by atoms with Crippen molar-refractivity contribution in [3.63, 3.8) is 0 Å². The normalized spacial score (nSPS) is 10.8. The Morgan fingerprint density at radius 1 is 0.381 bits per heavy atom. The Balaban J connectivity index is 1.25. The van der Waals surface area contributed by atoms with Gasteiger partial charge < -0.3 is 0 Å². The zero-order valence-corrected chi connectivity index (χ0v) is 22.8. The summed E-state index contributed by atoms with van der Waals surface area (Å²) < 4.78 is 0. The summed E-state index contributed by atoms with van der Waals surface area (Å²) in [5, 5.41) is 11.6. The Morgan fingerprint density at radius 2 is 0.881 bits per heavy atom. The molecule has 6 aromatic carbocycles. The molecule has 0 saturated heterocycles. The predicted octanol–water partition coefficient (Wildman–Crippen LogP) is 9.84. The molecule has 7 aromatic rings. The second-order valence-electron chi connectivity index (χ2n) is 10.2. The van der Waals surface area contributed by atoms with Crippen molar-refractivity contribution < 1.29 is 0 Å². The Kier molecular flexibility index (Phi) is 6.56. The minimum absolute atomic E-state index is 0.664. The molecule has 1 heterocycles. The SMILES string of the molecule is N#Cc1cccc(-c2ccc3ccc(-c4ccc(-c5cc(-c6ccccc6)nc(-c6ccccc6)n5)cc4)cc3c2)c1. The summed E-state index contributed by atoms with van der Waals surface area (Å²) in [6, 6.07) is 54.0. The fourth-order valence-corrected chi connectivity index (χ4v) is 5.28. The molecule has 42 heavy (non-hydrogen) atoms. The maximum absolute atomic E-state index is 9.31. The summed E-state index contributed by atoms with van der Waals surface area (Å²) in [5.41, 5.74) is 9.96. The number of benzene rings is 6. The van der Waals surface area contributed by atoms with Crippen LogP contribution in [0.25, 0.3) is 66.9 Å². The number of nitrogens with zero attached hydrogens (tertiary/aromatic N) is 3. The van der Waals surface area contributed by atoms with Crippen LogP contribution in [0.15, 0.2) is 152 Å². The van der Waals surface area contributed by atoms with Gasteiger partial charge in [0.1, 0.15) is 0 Å². The van der Waals surface area contributed by atoms with Gasteiger partial charge in [-0.2, -0.15) is 5.26 Å². The number of aromatic nitrogens is 2. The van der Waals surface area contributed by atoms with Gasteiger partial charge >= 0.3 is 0 Å². The van der Waals surface area contributed by atoms with Gasteiger partial charge in [0.15, 0.2) is 5.82 Å². The lowest BCUT2D eigenvalue weighted by Crippen LogP contribution is -1.95. The highest BCUT2D eigenvalue weighted by Gasteiger charge is 2.11. The molecule has 0 saturated carbocycles. The minimum atomic E-state index is 0.664. The topological polar surface area (TPSA) is 49.6 Å². The van der Waals surface area contributed by atoms with E-state index in [0.29, 0.717) is 11.4 Å². The summed E-state index contributed by atoms with van der Waals surface area (Å²) in [6.07, 6.45) is 0. The predicted molar refractivity (Wildman–Crippen MR) is 171 cm³/mol. The lowest BCUT2D eigenvalue weighted by atomic mass is 9.96. The molecule has 0 spiro atoms. The Morgan fingerprint density at radius 3 is 1.52 bits per heavy atom. The van der Waals surface area contributed by atoms with Crippen molar-refractivity contribution in [1.82, 2.24) is 9.97 Å². The van der Waals surface area contributed by atoms with Gasteiger partial charge in [0.25, 0.3) is 0 Å². The van der Waals surface area contributed by atoms with Crippen LogP contribution in [0, 0.1) is 11.3 Å². The molecule has 0 amide bonds. The fourth-order valence-electron chi connectivity index (χ4n) is 5.28. The van der Waals surface area contributed by atoms with Gasteiger partial charge in [-0.15, -0.1) is 0 Å². The molecule has 1 aromatic heterocycles. The van der Waals surface area contributed by atoms with Crippen molar-refractivity contribution in [3.05, 3.63) is 157 Å². The molecule has 0 radical (unpaired) electrons. The second-order valence-corrected chi connectivity index (χ2v) is 10.2. The molecule has 0 atom stereocenters. The van der Waals surface area contributed by atoms with Gasteiger partial charge in [-0.05, 0) is 63.4 Å².